The van der Waals surface area contributed by atoms with Gasteiger partial charge in [-0.05, 0) is 52.4 Å². The molecule has 0 spiro atoms. The molecule has 0 unspecified atom stereocenters. The molecule has 118 valence electrons. The number of aromatic hydroxyl groups is 1. The summed E-state index contributed by atoms with van der Waals surface area (Å²) < 4.78 is 0.869. The first-order valence-corrected chi connectivity index (χ1v) is 9.50. The average Bonchev–Trinajstić information content (AvgIpc) is 3.07. The van der Waals surface area contributed by atoms with Crippen LogP contribution in [0.3, 0.4) is 0 Å². The summed E-state index contributed by atoms with van der Waals surface area (Å²) >= 11 is 4.01. The fraction of sp³-hybridized carbons (Fsp3) is 0.294. The quantitative estimate of drug-likeness (QED) is 0.723. The van der Waals surface area contributed by atoms with Crippen LogP contribution in [0, 0.1) is 3.57 Å². The lowest BCUT2D eigenvalue weighted by Gasteiger charge is -2.27. The lowest BCUT2D eigenvalue weighted by molar-refractivity contribution is 0.321. The number of aliphatic imine (C=N–C) groups is 1. The van der Waals surface area contributed by atoms with E-state index in [1.54, 1.807) is 6.07 Å². The molecule has 0 amide bonds. The highest BCUT2D eigenvalue weighted by molar-refractivity contribution is 14.1. The standard InChI is InChI=1S/C17H16IN3OS/c1-10-9-21-16(11-5-6-14(22)12(18)8-11)15(20-17(21)23-10)13-4-2-3-7-19-13/h2-8,10,15-16,22H,9H2,1H3/t10-,15+,16+/m1/s1. The number of halogens is 1. The van der Waals surface area contributed by atoms with E-state index >= 15 is 0 Å². The van der Waals surface area contributed by atoms with E-state index in [9.17, 15) is 5.11 Å². The lowest BCUT2D eigenvalue weighted by Crippen LogP contribution is -2.28. The van der Waals surface area contributed by atoms with Crippen molar-refractivity contribution in [1.82, 2.24) is 9.88 Å². The number of amidine groups is 1. The zero-order valence-corrected chi connectivity index (χ0v) is 15.5. The van der Waals surface area contributed by atoms with Crippen molar-refractivity contribution in [1.29, 1.82) is 0 Å². The highest BCUT2D eigenvalue weighted by Crippen LogP contribution is 2.47. The summed E-state index contributed by atoms with van der Waals surface area (Å²) in [6, 6.07) is 12.0. The first-order chi connectivity index (χ1) is 11.1. The average molecular weight is 437 g/mol. The minimum atomic E-state index is 0.00606. The Labute approximate surface area is 153 Å². The van der Waals surface area contributed by atoms with Crippen LogP contribution in [0.1, 0.15) is 30.3 Å². The predicted octanol–water partition coefficient (Wildman–Crippen LogP) is 3.98. The van der Waals surface area contributed by atoms with Crippen molar-refractivity contribution in [2.75, 3.05) is 6.54 Å². The molecular weight excluding hydrogens is 421 g/mol. The van der Waals surface area contributed by atoms with Crippen LogP contribution in [0.2, 0.25) is 0 Å². The zero-order valence-electron chi connectivity index (χ0n) is 12.6. The van der Waals surface area contributed by atoms with Gasteiger partial charge in [-0.1, -0.05) is 30.8 Å². The number of phenols is 1. The lowest BCUT2D eigenvalue weighted by atomic mass is 9.96. The van der Waals surface area contributed by atoms with Gasteiger partial charge in [-0.2, -0.15) is 0 Å². The van der Waals surface area contributed by atoms with Crippen molar-refractivity contribution < 1.29 is 5.11 Å². The highest BCUT2D eigenvalue weighted by atomic mass is 127. The highest BCUT2D eigenvalue weighted by Gasteiger charge is 2.43. The summed E-state index contributed by atoms with van der Waals surface area (Å²) in [4.78, 5) is 11.9. The summed E-state index contributed by atoms with van der Waals surface area (Å²) in [5, 5.41) is 11.5. The molecule has 23 heavy (non-hydrogen) atoms. The molecule has 0 saturated carbocycles. The van der Waals surface area contributed by atoms with E-state index in [2.05, 4.69) is 45.5 Å². The zero-order chi connectivity index (χ0) is 16.0. The first kappa shape index (κ1) is 15.3. The number of phenolic OH excluding ortho intramolecular Hbond substituents is 1. The Kier molecular flexibility index (Phi) is 3.96. The van der Waals surface area contributed by atoms with Gasteiger partial charge in [0.1, 0.15) is 11.8 Å². The summed E-state index contributed by atoms with van der Waals surface area (Å²) in [5.74, 6) is 0.326. The second kappa shape index (κ2) is 5.98. The molecule has 4 nitrogen and oxygen atoms in total. The molecule has 1 saturated heterocycles. The summed E-state index contributed by atoms with van der Waals surface area (Å²) in [6.07, 6.45) is 1.83. The number of rotatable bonds is 2. The van der Waals surface area contributed by atoms with Crippen molar-refractivity contribution in [2.24, 2.45) is 4.99 Å². The number of hydrogen-bond acceptors (Lipinski definition) is 5. The topological polar surface area (TPSA) is 48.7 Å². The van der Waals surface area contributed by atoms with E-state index in [0.717, 1.165) is 21.0 Å². The second-order valence-corrected chi connectivity index (χ2v) is 8.42. The molecule has 4 rings (SSSR count). The maximum atomic E-state index is 9.83. The van der Waals surface area contributed by atoms with Crippen LogP contribution in [0.15, 0.2) is 47.6 Å². The summed E-state index contributed by atoms with van der Waals surface area (Å²) in [6.45, 7) is 3.23. The largest absolute Gasteiger partial charge is 0.507 e. The van der Waals surface area contributed by atoms with E-state index in [1.165, 1.54) is 5.56 Å². The van der Waals surface area contributed by atoms with E-state index in [-0.39, 0.29) is 12.1 Å². The van der Waals surface area contributed by atoms with Crippen LogP contribution in [-0.2, 0) is 0 Å². The van der Waals surface area contributed by atoms with Gasteiger partial charge in [0.15, 0.2) is 5.17 Å². The van der Waals surface area contributed by atoms with Crippen LogP contribution >= 0.6 is 34.4 Å². The van der Waals surface area contributed by atoms with E-state index < -0.39 is 0 Å². The van der Waals surface area contributed by atoms with Gasteiger partial charge in [-0.15, -0.1) is 0 Å². The minimum Gasteiger partial charge on any atom is -0.507 e. The Morgan fingerprint density at radius 1 is 1.30 bits per heavy atom. The molecule has 1 aromatic carbocycles. The van der Waals surface area contributed by atoms with Crippen molar-refractivity contribution >= 4 is 39.5 Å². The number of aromatic nitrogens is 1. The van der Waals surface area contributed by atoms with Gasteiger partial charge in [0.2, 0.25) is 0 Å². The third-order valence-electron chi connectivity index (χ3n) is 4.19. The molecule has 1 aromatic heterocycles. The number of nitrogens with zero attached hydrogens (tertiary/aromatic N) is 3. The van der Waals surface area contributed by atoms with Crippen molar-refractivity contribution in [2.45, 2.75) is 24.3 Å². The fourth-order valence-corrected chi connectivity index (χ4v) is 4.82. The molecule has 3 heterocycles. The maximum absolute atomic E-state index is 9.83. The molecule has 1 N–H and O–H groups in total. The second-order valence-electron chi connectivity index (χ2n) is 5.85. The first-order valence-electron chi connectivity index (χ1n) is 7.54. The molecule has 2 aliphatic heterocycles. The van der Waals surface area contributed by atoms with Gasteiger partial charge in [-0.25, -0.2) is 0 Å². The van der Waals surface area contributed by atoms with Crippen LogP contribution in [-0.4, -0.2) is 32.0 Å². The number of thioether (sulfide) groups is 1. The third kappa shape index (κ3) is 2.71. The van der Waals surface area contributed by atoms with Gasteiger partial charge in [0.05, 0.1) is 15.3 Å². The molecular formula is C17H16IN3OS. The van der Waals surface area contributed by atoms with Gasteiger partial charge in [0.25, 0.3) is 0 Å². The minimum absolute atomic E-state index is 0.00606. The fourth-order valence-electron chi connectivity index (χ4n) is 3.19. The van der Waals surface area contributed by atoms with E-state index in [0.29, 0.717) is 11.0 Å². The molecule has 0 radical (unpaired) electrons. The van der Waals surface area contributed by atoms with Crippen LogP contribution in [0.25, 0.3) is 0 Å². The number of pyridine rings is 1. The predicted molar refractivity (Wildman–Crippen MR) is 102 cm³/mol. The SMILES string of the molecule is C[C@@H]1CN2C(=N[C@@H](c3ccccn3)[C@@H]2c2ccc(O)c(I)c2)S1. The number of hydrogen-bond donors (Lipinski definition) is 1. The monoisotopic (exact) mass is 437 g/mol. The molecule has 2 aliphatic rings. The van der Waals surface area contributed by atoms with Gasteiger partial charge >= 0.3 is 0 Å². The molecule has 1 fully saturated rings. The Morgan fingerprint density at radius 3 is 2.91 bits per heavy atom. The van der Waals surface area contributed by atoms with Crippen molar-refractivity contribution in [3.63, 3.8) is 0 Å². The molecule has 2 aromatic rings. The third-order valence-corrected chi connectivity index (χ3v) is 6.16. The Balaban J connectivity index is 1.79. The summed E-state index contributed by atoms with van der Waals surface area (Å²) in [7, 11) is 0. The van der Waals surface area contributed by atoms with Crippen LogP contribution < -0.4 is 0 Å². The molecule has 6 heteroatoms. The van der Waals surface area contributed by atoms with Crippen molar-refractivity contribution in [3.8, 4) is 5.75 Å². The summed E-state index contributed by atoms with van der Waals surface area (Å²) in [5.41, 5.74) is 2.17. The van der Waals surface area contributed by atoms with Crippen LogP contribution in [0.5, 0.6) is 5.75 Å². The van der Waals surface area contributed by atoms with Gasteiger partial charge < -0.3 is 10.0 Å². The van der Waals surface area contributed by atoms with Gasteiger partial charge in [-0.3, -0.25) is 9.98 Å². The van der Waals surface area contributed by atoms with E-state index in [4.69, 9.17) is 4.99 Å². The Bertz CT molecular complexity index is 768. The molecule has 0 bridgehead atoms. The van der Waals surface area contributed by atoms with Gasteiger partial charge in [0, 0.05) is 18.0 Å². The Hall–Kier alpha value is -1.28. The normalized spacial score (nSPS) is 26.3. The number of fused-ring (bicyclic) bond motifs is 1. The van der Waals surface area contributed by atoms with Crippen LogP contribution in [0.4, 0.5) is 0 Å². The molecule has 3 atom stereocenters. The molecule has 0 aliphatic carbocycles. The van der Waals surface area contributed by atoms with Crippen molar-refractivity contribution in [3.05, 3.63) is 57.4 Å². The van der Waals surface area contributed by atoms with E-state index in [1.807, 2.05) is 42.2 Å². The number of benzene rings is 1. The Morgan fingerprint density at radius 2 is 2.17 bits per heavy atom. The smallest absolute Gasteiger partial charge is 0.160 e. The maximum Gasteiger partial charge on any atom is 0.160 e.